The summed E-state index contributed by atoms with van der Waals surface area (Å²) in [6.07, 6.45) is 0. The van der Waals surface area contributed by atoms with Crippen LogP contribution in [0.15, 0.2) is 29.2 Å². The molecule has 0 aliphatic carbocycles. The van der Waals surface area contributed by atoms with E-state index >= 15 is 0 Å². The zero-order valence-corrected chi connectivity index (χ0v) is 12.5. The molecule has 0 unspecified atom stereocenters. The predicted molar refractivity (Wildman–Crippen MR) is 75.8 cm³/mol. The van der Waals surface area contributed by atoms with Gasteiger partial charge in [-0.1, -0.05) is 23.7 Å². The fourth-order valence-electron chi connectivity index (χ4n) is 1.75. The summed E-state index contributed by atoms with van der Waals surface area (Å²) >= 11 is 5.74. The van der Waals surface area contributed by atoms with Crippen LogP contribution in [0, 0.1) is 6.92 Å². The summed E-state index contributed by atoms with van der Waals surface area (Å²) in [5.41, 5.74) is 0.327. The van der Waals surface area contributed by atoms with E-state index in [1.54, 1.807) is 24.3 Å². The Morgan fingerprint density at radius 1 is 1.38 bits per heavy atom. The first-order valence-corrected chi connectivity index (χ1v) is 7.70. The molecule has 1 aromatic heterocycles. The van der Waals surface area contributed by atoms with E-state index < -0.39 is 21.7 Å². The SMILES string of the molecule is Cc1[nH]nc(C(=O)O)c1S(=O)(=O)NCc1ccc(Cl)cc1. The number of aromatic carboxylic acids is 1. The van der Waals surface area contributed by atoms with Crippen LogP contribution in [0.2, 0.25) is 5.02 Å². The van der Waals surface area contributed by atoms with E-state index in [2.05, 4.69) is 14.9 Å². The quantitative estimate of drug-likeness (QED) is 0.770. The van der Waals surface area contributed by atoms with E-state index in [1.165, 1.54) is 6.92 Å². The van der Waals surface area contributed by atoms with Crippen molar-refractivity contribution in [1.82, 2.24) is 14.9 Å². The lowest BCUT2D eigenvalue weighted by atomic mass is 10.2. The van der Waals surface area contributed by atoms with E-state index in [-0.39, 0.29) is 17.1 Å². The normalized spacial score (nSPS) is 11.5. The highest BCUT2D eigenvalue weighted by atomic mass is 35.5. The van der Waals surface area contributed by atoms with Gasteiger partial charge in [0.1, 0.15) is 4.90 Å². The Bertz CT molecular complexity index is 768. The Kier molecular flexibility index (Phi) is 4.31. The summed E-state index contributed by atoms with van der Waals surface area (Å²) < 4.78 is 26.8. The van der Waals surface area contributed by atoms with Crippen molar-refractivity contribution in [3.05, 3.63) is 46.2 Å². The van der Waals surface area contributed by atoms with Gasteiger partial charge in [-0.05, 0) is 24.6 Å². The second-order valence-corrected chi connectivity index (χ2v) is 6.42. The van der Waals surface area contributed by atoms with Gasteiger partial charge >= 0.3 is 5.97 Å². The van der Waals surface area contributed by atoms with Crippen LogP contribution in [0.5, 0.6) is 0 Å². The number of aromatic amines is 1. The minimum atomic E-state index is -3.99. The Morgan fingerprint density at radius 2 is 2.00 bits per heavy atom. The number of carboxylic acids is 1. The maximum Gasteiger partial charge on any atom is 0.357 e. The van der Waals surface area contributed by atoms with E-state index in [9.17, 15) is 13.2 Å². The van der Waals surface area contributed by atoms with Crippen LogP contribution >= 0.6 is 11.6 Å². The lowest BCUT2D eigenvalue weighted by Crippen LogP contribution is -2.25. The number of H-pyrrole nitrogens is 1. The molecule has 21 heavy (non-hydrogen) atoms. The van der Waals surface area contributed by atoms with Crippen molar-refractivity contribution in [3.63, 3.8) is 0 Å². The van der Waals surface area contributed by atoms with Gasteiger partial charge in [-0.2, -0.15) is 5.10 Å². The zero-order valence-electron chi connectivity index (χ0n) is 10.9. The third-order valence-corrected chi connectivity index (χ3v) is 4.56. The molecule has 3 N–H and O–H groups in total. The lowest BCUT2D eigenvalue weighted by Gasteiger charge is -2.07. The predicted octanol–water partition coefficient (Wildman–Crippen LogP) is 1.55. The van der Waals surface area contributed by atoms with Crippen LogP contribution < -0.4 is 4.72 Å². The highest BCUT2D eigenvalue weighted by molar-refractivity contribution is 7.89. The number of rotatable bonds is 5. The number of carboxylic acid groups (broad SMARTS) is 1. The number of nitrogens with one attached hydrogen (secondary N) is 2. The highest BCUT2D eigenvalue weighted by Crippen LogP contribution is 2.18. The van der Waals surface area contributed by atoms with Crippen molar-refractivity contribution in [2.24, 2.45) is 0 Å². The number of halogens is 1. The molecule has 0 radical (unpaired) electrons. The molecule has 0 aliphatic heterocycles. The molecule has 0 bridgehead atoms. The molecule has 9 heteroatoms. The van der Waals surface area contributed by atoms with Crippen molar-refractivity contribution in [2.45, 2.75) is 18.4 Å². The lowest BCUT2D eigenvalue weighted by molar-refractivity contribution is 0.0686. The Labute approximate surface area is 126 Å². The van der Waals surface area contributed by atoms with Crippen LogP contribution in [-0.2, 0) is 16.6 Å². The molecule has 2 rings (SSSR count). The molecule has 0 fully saturated rings. The smallest absolute Gasteiger partial charge is 0.357 e. The minimum Gasteiger partial charge on any atom is -0.476 e. The van der Waals surface area contributed by atoms with E-state index in [4.69, 9.17) is 16.7 Å². The second-order valence-electron chi connectivity index (χ2n) is 4.28. The fraction of sp³-hybridized carbons (Fsp3) is 0.167. The molecule has 1 aromatic carbocycles. The van der Waals surface area contributed by atoms with Crippen molar-refractivity contribution in [2.75, 3.05) is 0 Å². The third kappa shape index (κ3) is 3.41. The maximum absolute atomic E-state index is 12.2. The third-order valence-electron chi connectivity index (χ3n) is 2.74. The number of carbonyl (C=O) groups is 1. The van der Waals surface area contributed by atoms with E-state index in [0.29, 0.717) is 10.6 Å². The molecule has 0 spiro atoms. The molecule has 0 aliphatic rings. The number of hydrogen-bond acceptors (Lipinski definition) is 4. The summed E-state index contributed by atoms with van der Waals surface area (Å²) in [7, 11) is -3.99. The Hall–Kier alpha value is -1.90. The summed E-state index contributed by atoms with van der Waals surface area (Å²) in [5.74, 6) is -1.41. The molecule has 112 valence electrons. The first-order valence-electron chi connectivity index (χ1n) is 5.83. The van der Waals surface area contributed by atoms with Gasteiger partial charge in [0.15, 0.2) is 5.69 Å². The van der Waals surface area contributed by atoms with Crippen molar-refractivity contribution in [1.29, 1.82) is 0 Å². The fourth-order valence-corrected chi connectivity index (χ4v) is 3.21. The zero-order chi connectivity index (χ0) is 15.6. The van der Waals surface area contributed by atoms with Crippen LogP contribution in [0.3, 0.4) is 0 Å². The molecular weight excluding hydrogens is 318 g/mol. The number of nitrogens with zero attached hydrogens (tertiary/aromatic N) is 1. The summed E-state index contributed by atoms with van der Waals surface area (Å²) in [6, 6.07) is 6.62. The minimum absolute atomic E-state index is 0.0170. The number of sulfonamides is 1. The maximum atomic E-state index is 12.2. The second kappa shape index (κ2) is 5.84. The van der Waals surface area contributed by atoms with Crippen molar-refractivity contribution >= 4 is 27.6 Å². The summed E-state index contributed by atoms with van der Waals surface area (Å²) in [4.78, 5) is 10.6. The van der Waals surface area contributed by atoms with Crippen LogP contribution in [0.25, 0.3) is 0 Å². The van der Waals surface area contributed by atoms with Crippen molar-refractivity contribution in [3.8, 4) is 0 Å². The molecular formula is C12H12ClN3O4S. The van der Waals surface area contributed by atoms with Gasteiger partial charge in [0, 0.05) is 11.6 Å². The standard InChI is InChI=1S/C12H12ClN3O4S/c1-7-11(10(12(17)18)16-15-7)21(19,20)14-6-8-2-4-9(13)5-3-8/h2-5,14H,6H2,1H3,(H,15,16)(H,17,18). The average molecular weight is 330 g/mol. The number of aromatic nitrogens is 2. The van der Waals surface area contributed by atoms with E-state index in [1.807, 2.05) is 0 Å². The first kappa shape index (κ1) is 15.5. The molecule has 1 heterocycles. The van der Waals surface area contributed by atoms with Gasteiger partial charge in [0.25, 0.3) is 0 Å². The monoisotopic (exact) mass is 329 g/mol. The molecule has 7 nitrogen and oxygen atoms in total. The van der Waals surface area contributed by atoms with Gasteiger partial charge < -0.3 is 5.11 Å². The molecule has 0 atom stereocenters. The first-order chi connectivity index (χ1) is 9.81. The van der Waals surface area contributed by atoms with Gasteiger partial charge in [-0.25, -0.2) is 17.9 Å². The molecule has 0 saturated carbocycles. The Balaban J connectivity index is 2.25. The van der Waals surface area contributed by atoms with Gasteiger partial charge in [0.2, 0.25) is 10.0 Å². The van der Waals surface area contributed by atoms with E-state index in [0.717, 1.165) is 0 Å². The molecule has 2 aromatic rings. The van der Waals surface area contributed by atoms with Crippen LogP contribution in [-0.4, -0.2) is 29.7 Å². The summed E-state index contributed by atoms with van der Waals surface area (Å²) in [6.45, 7) is 1.46. The van der Waals surface area contributed by atoms with Gasteiger partial charge in [0.05, 0.1) is 5.69 Å². The average Bonchev–Trinajstić information content (AvgIpc) is 2.81. The topological polar surface area (TPSA) is 112 Å². The Morgan fingerprint density at radius 3 is 2.57 bits per heavy atom. The summed E-state index contributed by atoms with van der Waals surface area (Å²) in [5, 5.41) is 15.4. The number of hydrogen-bond donors (Lipinski definition) is 3. The van der Waals surface area contributed by atoms with Crippen LogP contribution in [0.1, 0.15) is 21.7 Å². The number of aryl methyl sites for hydroxylation is 1. The number of benzene rings is 1. The van der Waals surface area contributed by atoms with Crippen LogP contribution in [0.4, 0.5) is 0 Å². The highest BCUT2D eigenvalue weighted by Gasteiger charge is 2.27. The van der Waals surface area contributed by atoms with Crippen molar-refractivity contribution < 1.29 is 18.3 Å². The largest absolute Gasteiger partial charge is 0.476 e. The molecule has 0 amide bonds. The van der Waals surface area contributed by atoms with Gasteiger partial charge in [-0.3, -0.25) is 5.10 Å². The molecule has 0 saturated heterocycles. The van der Waals surface area contributed by atoms with Gasteiger partial charge in [-0.15, -0.1) is 0 Å².